The van der Waals surface area contributed by atoms with Crippen LogP contribution in [0.15, 0.2) is 96.6 Å². The Morgan fingerprint density at radius 2 is 1.33 bits per heavy atom. The molecule has 0 bridgehead atoms. The van der Waals surface area contributed by atoms with Crippen LogP contribution in [-0.2, 0) is 21.0 Å². The van der Waals surface area contributed by atoms with Gasteiger partial charge < -0.3 is 0 Å². The molecular formula is C42H49Cl2SiZr. The van der Waals surface area contributed by atoms with Gasteiger partial charge in [0, 0.05) is 0 Å². The predicted octanol–water partition coefficient (Wildman–Crippen LogP) is 13.4. The molecule has 0 radical (unpaired) electrons. The van der Waals surface area contributed by atoms with Crippen LogP contribution in [0.2, 0.25) is 13.1 Å². The number of rotatable bonds is 8. The molecule has 0 fully saturated rings. The zero-order chi connectivity index (χ0) is 33.0. The van der Waals surface area contributed by atoms with Crippen LogP contribution < -0.4 is 0 Å². The van der Waals surface area contributed by atoms with Gasteiger partial charge in [0.25, 0.3) is 0 Å². The molecule has 239 valence electrons. The van der Waals surface area contributed by atoms with Crippen molar-refractivity contribution in [1.29, 1.82) is 0 Å². The molecule has 0 saturated carbocycles. The number of hydrogen-bond donors (Lipinski definition) is 0. The van der Waals surface area contributed by atoms with Crippen LogP contribution in [0.25, 0.3) is 34.4 Å². The number of benzene rings is 4. The molecule has 0 aliphatic heterocycles. The van der Waals surface area contributed by atoms with Crippen molar-refractivity contribution in [3.05, 3.63) is 130 Å². The first-order chi connectivity index (χ1) is 21.8. The normalized spacial score (nSPS) is 19.0. The van der Waals surface area contributed by atoms with Gasteiger partial charge in [-0.15, -0.1) is 0 Å². The van der Waals surface area contributed by atoms with Crippen LogP contribution in [0.3, 0.4) is 0 Å². The average Bonchev–Trinajstić information content (AvgIpc) is 3.67. The van der Waals surface area contributed by atoms with Crippen molar-refractivity contribution >= 4 is 35.1 Å². The van der Waals surface area contributed by atoms with Gasteiger partial charge in [0.05, 0.1) is 0 Å². The fourth-order valence-corrected chi connectivity index (χ4v) is 37.6. The Morgan fingerprint density at radius 1 is 0.761 bits per heavy atom. The van der Waals surface area contributed by atoms with E-state index in [0.717, 1.165) is 12.8 Å². The van der Waals surface area contributed by atoms with Crippen molar-refractivity contribution < 1.29 is 15.6 Å². The second-order valence-corrected chi connectivity index (χ2v) is 57.7. The summed E-state index contributed by atoms with van der Waals surface area (Å²) in [6.07, 6.45) is 9.30. The molecular weight excluding hydrogens is 695 g/mol. The molecule has 4 heteroatoms. The fraction of sp³-hybridized carbons (Fsp3) is 0.333. The van der Waals surface area contributed by atoms with Crippen LogP contribution in [-0.4, -0.2) is 5.92 Å². The van der Waals surface area contributed by atoms with E-state index in [-0.39, 0.29) is 12.7 Å². The minimum absolute atomic E-state index is 0.0876. The molecule has 0 spiro atoms. The molecule has 0 nitrogen and oxygen atoms in total. The Labute approximate surface area is 286 Å². The van der Waals surface area contributed by atoms with E-state index in [0.29, 0.717) is 5.92 Å². The standard InChI is InChI=1S/C21H23.C19H19.C2H7Si.2ClH.Zr/c1-4-15(3)17-9-11-18(12-10-17)20-8-6-7-19-13-16(5-2)14-21(19)20;1-19(2,3)16-12-10-15(11-13-16)18-9-5-7-14-6-4-8-17(14)18;1-3-2;;;/h6-15H,4-5H2,1-3H3;4-13H,1-3H3;3H,1-2H3;2*1H;/q;;;;;+2/p-2. The summed E-state index contributed by atoms with van der Waals surface area (Å²) in [5.41, 5.74) is 14.7. The van der Waals surface area contributed by atoms with Gasteiger partial charge in [-0.05, 0) is 0 Å². The van der Waals surface area contributed by atoms with Crippen molar-refractivity contribution in [1.82, 2.24) is 0 Å². The Morgan fingerprint density at radius 3 is 1.87 bits per heavy atom. The van der Waals surface area contributed by atoms with E-state index in [9.17, 15) is 0 Å². The summed E-state index contributed by atoms with van der Waals surface area (Å²) in [4.78, 5) is 0. The molecule has 6 rings (SSSR count). The fourth-order valence-electron chi connectivity index (χ4n) is 7.99. The average molecular weight is 744 g/mol. The molecule has 4 aromatic rings. The van der Waals surface area contributed by atoms with E-state index in [4.69, 9.17) is 17.0 Å². The summed E-state index contributed by atoms with van der Waals surface area (Å²) in [7, 11) is 16.9. The van der Waals surface area contributed by atoms with Crippen molar-refractivity contribution in [3.63, 3.8) is 0 Å². The summed E-state index contributed by atoms with van der Waals surface area (Å²) >= 11 is -4.69. The topological polar surface area (TPSA) is 0 Å². The maximum absolute atomic E-state index is 8.46. The number of hydrogen-bond acceptors (Lipinski definition) is 0. The van der Waals surface area contributed by atoms with E-state index >= 15 is 0 Å². The molecule has 0 amide bonds. The van der Waals surface area contributed by atoms with Crippen LogP contribution in [0.4, 0.5) is 0 Å². The first-order valence-electron chi connectivity index (χ1n) is 17.2. The first kappa shape index (κ1) is 33.9. The second kappa shape index (κ2) is 12.5. The molecule has 3 unspecified atom stereocenters. The Bertz CT molecular complexity index is 1820. The number of allylic oxidation sites excluding steroid dienone is 2. The number of halogens is 2. The van der Waals surface area contributed by atoms with Crippen LogP contribution in [0.5, 0.6) is 0 Å². The van der Waals surface area contributed by atoms with E-state index < -0.39 is 21.5 Å². The predicted molar refractivity (Wildman–Crippen MR) is 205 cm³/mol. The van der Waals surface area contributed by atoms with Gasteiger partial charge >= 0.3 is 289 Å². The molecule has 0 aromatic heterocycles. The zero-order valence-electron chi connectivity index (χ0n) is 28.8. The second-order valence-electron chi connectivity index (χ2n) is 15.1. The third-order valence-electron chi connectivity index (χ3n) is 11.2. The Balaban J connectivity index is 1.46. The number of fused-ring (bicyclic) bond motifs is 2. The molecule has 0 saturated heterocycles. The van der Waals surface area contributed by atoms with Crippen molar-refractivity contribution in [2.45, 2.75) is 86.1 Å². The van der Waals surface area contributed by atoms with E-state index in [1.165, 1.54) is 61.2 Å². The molecule has 4 aromatic carbocycles. The van der Waals surface area contributed by atoms with Crippen LogP contribution in [0.1, 0.15) is 101 Å². The van der Waals surface area contributed by atoms with Crippen molar-refractivity contribution in [3.8, 4) is 22.3 Å². The molecule has 0 N–H and O–H groups in total. The molecule has 2 aliphatic rings. The van der Waals surface area contributed by atoms with Crippen molar-refractivity contribution in [2.24, 2.45) is 0 Å². The minimum atomic E-state index is -4.69. The molecule has 46 heavy (non-hydrogen) atoms. The summed E-state index contributed by atoms with van der Waals surface area (Å²) in [6.45, 7) is 18.5. The van der Waals surface area contributed by atoms with Gasteiger partial charge in [-0.25, -0.2) is 0 Å². The monoisotopic (exact) mass is 741 g/mol. The molecule has 3 atom stereocenters. The Kier molecular flexibility index (Phi) is 9.21. The van der Waals surface area contributed by atoms with Crippen molar-refractivity contribution in [2.75, 3.05) is 0 Å². The van der Waals surface area contributed by atoms with E-state index in [1.54, 1.807) is 0 Å². The third-order valence-corrected chi connectivity index (χ3v) is 63.2. The van der Waals surface area contributed by atoms with Gasteiger partial charge in [0.2, 0.25) is 0 Å². The maximum atomic E-state index is 8.46. The van der Waals surface area contributed by atoms with E-state index in [1.807, 2.05) is 0 Å². The summed E-state index contributed by atoms with van der Waals surface area (Å²) < 4.78 is 0.204. The first-order valence-corrected chi connectivity index (χ1v) is 33.5. The molecule has 0 heterocycles. The van der Waals surface area contributed by atoms with Gasteiger partial charge in [0.15, 0.2) is 0 Å². The van der Waals surface area contributed by atoms with Gasteiger partial charge in [0.1, 0.15) is 0 Å². The summed E-state index contributed by atoms with van der Waals surface area (Å²) in [5.74, 6) is -1.01. The van der Waals surface area contributed by atoms with Gasteiger partial charge in [-0.3, -0.25) is 0 Å². The third kappa shape index (κ3) is 5.54. The molecule has 2 aliphatic carbocycles. The van der Waals surface area contributed by atoms with Gasteiger partial charge in [-0.1, -0.05) is 0 Å². The van der Waals surface area contributed by atoms with E-state index in [2.05, 4.69) is 158 Å². The summed E-state index contributed by atoms with van der Waals surface area (Å²) in [5, 5.41) is 0. The van der Waals surface area contributed by atoms with Crippen LogP contribution >= 0.6 is 17.0 Å². The SMILES string of the molecule is CCC1=Cc2c(-c3ccc(C(C)CC)cc3)cccc2[CH]1[Zr]([Cl])([Cl])([CH]1C=Cc2c(-c3ccc(C(C)(C)C)cc3)cccc21)[SiH](C)C. The quantitative estimate of drug-likeness (QED) is 0.158. The summed E-state index contributed by atoms with van der Waals surface area (Å²) in [6, 6.07) is 32.0. The zero-order valence-corrected chi connectivity index (χ0v) is 33.9. The van der Waals surface area contributed by atoms with Crippen LogP contribution in [0, 0.1) is 0 Å². The van der Waals surface area contributed by atoms with Gasteiger partial charge in [-0.2, -0.15) is 0 Å². The Hall–Kier alpha value is -1.96.